The minimum absolute atomic E-state index is 0.0212. The Morgan fingerprint density at radius 3 is 2.57 bits per heavy atom. The lowest BCUT2D eigenvalue weighted by Crippen LogP contribution is -2.38. The first-order valence-electron chi connectivity index (χ1n) is 9.94. The van der Waals surface area contributed by atoms with Gasteiger partial charge in [0.2, 0.25) is 0 Å². The lowest BCUT2D eigenvalue weighted by Gasteiger charge is -2.35. The first-order valence-corrected chi connectivity index (χ1v) is 9.94. The van der Waals surface area contributed by atoms with Gasteiger partial charge in [0, 0.05) is 11.6 Å². The zero-order chi connectivity index (χ0) is 19.7. The van der Waals surface area contributed by atoms with E-state index in [2.05, 4.69) is 58.3 Å². The van der Waals surface area contributed by atoms with Crippen molar-refractivity contribution in [1.29, 1.82) is 0 Å². The molecule has 0 amide bonds. The molecule has 7 nitrogen and oxygen atoms in total. The molecule has 1 atom stereocenters. The first-order chi connectivity index (χ1) is 13.5. The van der Waals surface area contributed by atoms with E-state index in [1.54, 1.807) is 7.11 Å². The van der Waals surface area contributed by atoms with E-state index in [-0.39, 0.29) is 11.6 Å². The lowest BCUT2D eigenvalue weighted by molar-refractivity contribution is 0.171. The molecule has 3 heterocycles. The van der Waals surface area contributed by atoms with Crippen LogP contribution in [-0.4, -0.2) is 50.3 Å². The average molecular weight is 380 g/mol. The van der Waals surface area contributed by atoms with Crippen LogP contribution < -0.4 is 4.74 Å². The van der Waals surface area contributed by atoms with E-state index in [1.165, 1.54) is 24.8 Å². The SMILES string of the molecule is COc1ccc2nccc(C(c3nnnn3C(C)(C)C)N3CCCCC3)c2c1. The van der Waals surface area contributed by atoms with E-state index >= 15 is 0 Å². The van der Waals surface area contributed by atoms with Crippen molar-refractivity contribution >= 4 is 10.9 Å². The van der Waals surface area contributed by atoms with Crippen LogP contribution in [0.4, 0.5) is 0 Å². The summed E-state index contributed by atoms with van der Waals surface area (Å²) in [6.07, 6.45) is 5.55. The molecular weight excluding hydrogens is 352 g/mol. The molecule has 0 aliphatic carbocycles. The van der Waals surface area contributed by atoms with Crippen molar-refractivity contribution < 1.29 is 4.74 Å². The minimum Gasteiger partial charge on any atom is -0.497 e. The number of fused-ring (bicyclic) bond motifs is 1. The zero-order valence-electron chi connectivity index (χ0n) is 17.1. The number of benzene rings is 1. The van der Waals surface area contributed by atoms with Gasteiger partial charge in [-0.2, -0.15) is 0 Å². The highest BCUT2D eigenvalue weighted by atomic mass is 16.5. The molecule has 0 radical (unpaired) electrons. The summed E-state index contributed by atoms with van der Waals surface area (Å²) >= 11 is 0. The van der Waals surface area contributed by atoms with Gasteiger partial charge in [0.1, 0.15) is 5.75 Å². The van der Waals surface area contributed by atoms with Crippen LogP contribution >= 0.6 is 0 Å². The summed E-state index contributed by atoms with van der Waals surface area (Å²) in [6, 6.07) is 8.11. The summed E-state index contributed by atoms with van der Waals surface area (Å²) in [5.74, 6) is 1.71. The van der Waals surface area contributed by atoms with Gasteiger partial charge in [0.15, 0.2) is 5.82 Å². The molecule has 1 aliphatic heterocycles. The molecule has 28 heavy (non-hydrogen) atoms. The molecule has 0 spiro atoms. The highest BCUT2D eigenvalue weighted by molar-refractivity contribution is 5.84. The summed E-state index contributed by atoms with van der Waals surface area (Å²) in [7, 11) is 1.69. The number of hydrogen-bond acceptors (Lipinski definition) is 6. The predicted octanol–water partition coefficient (Wildman–Crippen LogP) is 3.56. The first kappa shape index (κ1) is 18.8. The van der Waals surface area contributed by atoms with Gasteiger partial charge in [-0.25, -0.2) is 4.68 Å². The highest BCUT2D eigenvalue weighted by Gasteiger charge is 2.33. The normalized spacial score (nSPS) is 17.0. The average Bonchev–Trinajstić information content (AvgIpc) is 3.19. The van der Waals surface area contributed by atoms with Gasteiger partial charge in [0.25, 0.3) is 0 Å². The molecule has 0 bridgehead atoms. The summed E-state index contributed by atoms with van der Waals surface area (Å²) in [5.41, 5.74) is 1.93. The van der Waals surface area contributed by atoms with Crippen molar-refractivity contribution in [3.63, 3.8) is 0 Å². The van der Waals surface area contributed by atoms with E-state index < -0.39 is 0 Å². The van der Waals surface area contributed by atoms with E-state index in [9.17, 15) is 0 Å². The number of aromatic nitrogens is 5. The monoisotopic (exact) mass is 380 g/mol. The van der Waals surface area contributed by atoms with Crippen molar-refractivity contribution in [2.24, 2.45) is 0 Å². The molecule has 1 saturated heterocycles. The Bertz CT molecular complexity index is 955. The molecule has 1 aromatic carbocycles. The summed E-state index contributed by atoms with van der Waals surface area (Å²) in [6.45, 7) is 8.47. The fraction of sp³-hybridized carbons (Fsp3) is 0.524. The molecule has 7 heteroatoms. The van der Waals surface area contributed by atoms with E-state index in [0.29, 0.717) is 0 Å². The predicted molar refractivity (Wildman–Crippen MR) is 108 cm³/mol. The van der Waals surface area contributed by atoms with Gasteiger partial charge < -0.3 is 4.74 Å². The van der Waals surface area contributed by atoms with Gasteiger partial charge in [-0.3, -0.25) is 9.88 Å². The Balaban J connectivity index is 1.92. The van der Waals surface area contributed by atoms with Gasteiger partial charge in [-0.05, 0) is 87.0 Å². The third-order valence-electron chi connectivity index (χ3n) is 5.41. The van der Waals surface area contributed by atoms with Crippen molar-refractivity contribution in [2.75, 3.05) is 20.2 Å². The minimum atomic E-state index is -0.201. The van der Waals surface area contributed by atoms with E-state index in [1.807, 2.05) is 23.0 Å². The molecule has 148 valence electrons. The van der Waals surface area contributed by atoms with E-state index in [4.69, 9.17) is 4.74 Å². The van der Waals surface area contributed by atoms with Crippen LogP contribution in [0.15, 0.2) is 30.5 Å². The third-order valence-corrected chi connectivity index (χ3v) is 5.41. The molecule has 3 aromatic rings. The van der Waals surface area contributed by atoms with Crippen LogP contribution in [0.3, 0.4) is 0 Å². The van der Waals surface area contributed by atoms with Crippen molar-refractivity contribution in [3.05, 3.63) is 41.9 Å². The second-order valence-corrected chi connectivity index (χ2v) is 8.40. The fourth-order valence-electron chi connectivity index (χ4n) is 4.03. The number of pyridine rings is 1. The molecule has 1 aliphatic rings. The lowest BCUT2D eigenvalue weighted by atomic mass is 9.96. The Morgan fingerprint density at radius 1 is 1.07 bits per heavy atom. The molecule has 4 rings (SSSR count). The van der Waals surface area contributed by atoms with Crippen LogP contribution in [0.25, 0.3) is 10.9 Å². The number of nitrogens with zero attached hydrogens (tertiary/aromatic N) is 6. The van der Waals surface area contributed by atoms with Crippen LogP contribution in [0.2, 0.25) is 0 Å². The maximum absolute atomic E-state index is 5.48. The maximum Gasteiger partial charge on any atom is 0.173 e. The third kappa shape index (κ3) is 3.46. The summed E-state index contributed by atoms with van der Waals surface area (Å²) in [5, 5.41) is 13.9. The van der Waals surface area contributed by atoms with Gasteiger partial charge in [-0.1, -0.05) is 6.42 Å². The Kier molecular flexibility index (Phi) is 5.02. The van der Waals surface area contributed by atoms with Gasteiger partial charge in [0.05, 0.1) is 24.2 Å². The molecule has 1 unspecified atom stereocenters. The smallest absolute Gasteiger partial charge is 0.173 e. The fourth-order valence-corrected chi connectivity index (χ4v) is 4.03. The van der Waals surface area contributed by atoms with Crippen LogP contribution in [-0.2, 0) is 5.54 Å². The molecule has 0 saturated carbocycles. The number of rotatable bonds is 4. The number of likely N-dealkylation sites (tertiary alicyclic amines) is 1. The standard InChI is InChI=1S/C21H28N6O/c1-21(2,3)27-20(23-24-25-27)19(26-12-6-5-7-13-26)16-10-11-22-18-9-8-15(28-4)14-17(16)18/h8-11,14,19H,5-7,12-13H2,1-4H3. The second kappa shape index (κ2) is 7.47. The largest absolute Gasteiger partial charge is 0.497 e. The number of methoxy groups -OCH3 is 1. The summed E-state index contributed by atoms with van der Waals surface area (Å²) in [4.78, 5) is 7.07. The summed E-state index contributed by atoms with van der Waals surface area (Å²) < 4.78 is 7.44. The molecule has 1 fully saturated rings. The molecular formula is C21H28N6O. The number of ether oxygens (including phenoxy) is 1. The van der Waals surface area contributed by atoms with Crippen LogP contribution in [0.1, 0.15) is 57.5 Å². The quantitative estimate of drug-likeness (QED) is 0.689. The second-order valence-electron chi connectivity index (χ2n) is 8.40. The molecule has 2 aromatic heterocycles. The number of piperidine rings is 1. The number of hydrogen-bond donors (Lipinski definition) is 0. The number of tetrazole rings is 1. The Labute approximate surface area is 165 Å². The van der Waals surface area contributed by atoms with Crippen molar-refractivity contribution in [3.8, 4) is 5.75 Å². The zero-order valence-corrected chi connectivity index (χ0v) is 17.1. The maximum atomic E-state index is 5.48. The van der Waals surface area contributed by atoms with Crippen LogP contribution in [0.5, 0.6) is 5.75 Å². The topological polar surface area (TPSA) is 69.0 Å². The van der Waals surface area contributed by atoms with E-state index in [0.717, 1.165) is 35.6 Å². The van der Waals surface area contributed by atoms with Crippen molar-refractivity contribution in [2.45, 2.75) is 51.6 Å². The Hall–Kier alpha value is -2.54. The van der Waals surface area contributed by atoms with Gasteiger partial charge >= 0.3 is 0 Å². The van der Waals surface area contributed by atoms with Crippen molar-refractivity contribution in [1.82, 2.24) is 30.1 Å². The van der Waals surface area contributed by atoms with Gasteiger partial charge in [-0.15, -0.1) is 5.10 Å². The molecule has 0 N–H and O–H groups in total. The van der Waals surface area contributed by atoms with Crippen LogP contribution in [0, 0.1) is 0 Å². The highest BCUT2D eigenvalue weighted by Crippen LogP contribution is 2.36. The Morgan fingerprint density at radius 2 is 1.86 bits per heavy atom.